The van der Waals surface area contributed by atoms with Crippen LogP contribution in [0.15, 0.2) is 24.4 Å². The zero-order valence-electron chi connectivity index (χ0n) is 15.5. The van der Waals surface area contributed by atoms with Gasteiger partial charge in [0.1, 0.15) is 0 Å². The van der Waals surface area contributed by atoms with Gasteiger partial charge >= 0.3 is 0 Å². The number of aromatic nitrogens is 3. The molecule has 1 saturated heterocycles. The van der Waals surface area contributed by atoms with E-state index in [9.17, 15) is 0 Å². The van der Waals surface area contributed by atoms with Crippen molar-refractivity contribution in [1.82, 2.24) is 19.5 Å². The SMILES string of the molecule is COc1ccc(-c2cn3nc(NCCN4CCOCC4)sc3n2)cc1OC. The molecule has 0 bridgehead atoms. The van der Waals surface area contributed by atoms with Crippen molar-refractivity contribution in [3.8, 4) is 22.8 Å². The quantitative estimate of drug-likeness (QED) is 0.664. The van der Waals surface area contributed by atoms with Gasteiger partial charge in [-0.3, -0.25) is 4.90 Å². The van der Waals surface area contributed by atoms with Gasteiger partial charge in [-0.05, 0) is 18.2 Å². The van der Waals surface area contributed by atoms with Crippen LogP contribution in [0.4, 0.5) is 5.13 Å². The smallest absolute Gasteiger partial charge is 0.214 e. The molecule has 0 aliphatic carbocycles. The third-order valence-electron chi connectivity index (χ3n) is 4.53. The summed E-state index contributed by atoms with van der Waals surface area (Å²) in [4.78, 5) is 7.94. The van der Waals surface area contributed by atoms with Crippen LogP contribution in [-0.4, -0.2) is 73.1 Å². The maximum Gasteiger partial charge on any atom is 0.214 e. The highest BCUT2D eigenvalue weighted by Gasteiger charge is 2.13. The zero-order valence-corrected chi connectivity index (χ0v) is 16.3. The summed E-state index contributed by atoms with van der Waals surface area (Å²) in [5, 5.41) is 8.85. The van der Waals surface area contributed by atoms with E-state index in [1.165, 1.54) is 0 Å². The van der Waals surface area contributed by atoms with Gasteiger partial charge in [0.05, 0.1) is 39.3 Å². The Kier molecular flexibility index (Phi) is 5.42. The molecule has 0 amide bonds. The molecule has 0 unspecified atom stereocenters. The number of imidazole rings is 1. The summed E-state index contributed by atoms with van der Waals surface area (Å²) in [6.45, 7) is 5.49. The van der Waals surface area contributed by atoms with E-state index < -0.39 is 0 Å². The average molecular weight is 389 g/mol. The van der Waals surface area contributed by atoms with Gasteiger partial charge in [-0.15, -0.1) is 5.10 Å². The second-order valence-corrected chi connectivity index (χ2v) is 7.17. The first-order valence-corrected chi connectivity index (χ1v) is 9.71. The standard InChI is InChI=1S/C18H23N5O3S/c1-24-15-4-3-13(11-16(15)25-2)14-12-23-18(20-14)27-17(21-23)19-5-6-22-7-9-26-10-8-22/h3-4,11-12H,5-10H2,1-2H3,(H,19,21). The molecule has 144 valence electrons. The second kappa shape index (κ2) is 8.12. The highest BCUT2D eigenvalue weighted by molar-refractivity contribution is 7.20. The van der Waals surface area contributed by atoms with E-state index in [1.54, 1.807) is 25.6 Å². The predicted octanol–water partition coefficient (Wildman–Crippen LogP) is 2.22. The van der Waals surface area contributed by atoms with Gasteiger partial charge in [-0.25, -0.2) is 9.50 Å². The molecular formula is C18H23N5O3S. The Hall–Kier alpha value is -2.36. The number of nitrogens with zero attached hydrogens (tertiary/aromatic N) is 4. The molecule has 0 spiro atoms. The molecule has 0 radical (unpaired) electrons. The van der Waals surface area contributed by atoms with E-state index in [2.05, 4.69) is 20.3 Å². The van der Waals surface area contributed by atoms with Crippen LogP contribution in [0, 0.1) is 0 Å². The Morgan fingerprint density at radius 3 is 2.74 bits per heavy atom. The number of nitrogens with one attached hydrogen (secondary N) is 1. The fraction of sp³-hybridized carbons (Fsp3) is 0.444. The van der Waals surface area contributed by atoms with Crippen molar-refractivity contribution in [2.45, 2.75) is 0 Å². The first kappa shape index (κ1) is 18.0. The van der Waals surface area contributed by atoms with Crippen LogP contribution in [0.2, 0.25) is 0 Å². The summed E-state index contributed by atoms with van der Waals surface area (Å²) in [6.07, 6.45) is 1.93. The molecular weight excluding hydrogens is 366 g/mol. The van der Waals surface area contributed by atoms with E-state index in [1.807, 2.05) is 28.9 Å². The molecule has 4 rings (SSSR count). The van der Waals surface area contributed by atoms with Gasteiger partial charge in [-0.1, -0.05) is 11.3 Å². The number of hydrogen-bond donors (Lipinski definition) is 1. The maximum absolute atomic E-state index is 5.37. The minimum atomic E-state index is 0.685. The molecule has 2 aromatic heterocycles. The molecule has 1 N–H and O–H groups in total. The topological polar surface area (TPSA) is 73.2 Å². The lowest BCUT2D eigenvalue weighted by Gasteiger charge is -2.26. The van der Waals surface area contributed by atoms with Gasteiger partial charge < -0.3 is 19.5 Å². The monoisotopic (exact) mass is 389 g/mol. The zero-order chi connectivity index (χ0) is 18.6. The number of hydrogen-bond acceptors (Lipinski definition) is 8. The Morgan fingerprint density at radius 1 is 1.19 bits per heavy atom. The summed E-state index contributed by atoms with van der Waals surface area (Å²) in [5.41, 5.74) is 1.82. The Labute approximate surface area is 161 Å². The molecule has 9 heteroatoms. The lowest BCUT2D eigenvalue weighted by Crippen LogP contribution is -2.39. The number of fused-ring (bicyclic) bond motifs is 1. The lowest BCUT2D eigenvalue weighted by molar-refractivity contribution is 0.0398. The summed E-state index contributed by atoms with van der Waals surface area (Å²) in [5.74, 6) is 1.39. The number of ether oxygens (including phenoxy) is 3. The van der Waals surface area contributed by atoms with Gasteiger partial charge in [-0.2, -0.15) is 0 Å². The highest BCUT2D eigenvalue weighted by atomic mass is 32.1. The number of morpholine rings is 1. The molecule has 1 aliphatic rings. The van der Waals surface area contributed by atoms with E-state index in [-0.39, 0.29) is 0 Å². The minimum Gasteiger partial charge on any atom is -0.493 e. The summed E-state index contributed by atoms with van der Waals surface area (Å²) < 4.78 is 17.8. The predicted molar refractivity (Wildman–Crippen MR) is 105 cm³/mol. The van der Waals surface area contributed by atoms with Crippen molar-refractivity contribution < 1.29 is 14.2 Å². The van der Waals surface area contributed by atoms with Crippen molar-refractivity contribution in [2.75, 3.05) is 58.9 Å². The molecule has 1 aliphatic heterocycles. The van der Waals surface area contributed by atoms with Gasteiger partial charge in [0.15, 0.2) is 11.5 Å². The van der Waals surface area contributed by atoms with Crippen LogP contribution >= 0.6 is 11.3 Å². The van der Waals surface area contributed by atoms with Crippen LogP contribution in [0.1, 0.15) is 0 Å². The first-order chi connectivity index (χ1) is 13.3. The van der Waals surface area contributed by atoms with Crippen LogP contribution in [0.25, 0.3) is 16.2 Å². The van der Waals surface area contributed by atoms with Crippen LogP contribution < -0.4 is 14.8 Å². The fourth-order valence-electron chi connectivity index (χ4n) is 3.05. The largest absolute Gasteiger partial charge is 0.493 e. The molecule has 3 heterocycles. The molecule has 8 nitrogen and oxygen atoms in total. The normalized spacial score (nSPS) is 15.2. The van der Waals surface area contributed by atoms with Crippen molar-refractivity contribution >= 4 is 21.4 Å². The summed E-state index contributed by atoms with van der Waals surface area (Å²) in [6, 6.07) is 5.77. The van der Waals surface area contributed by atoms with Crippen LogP contribution in [0.5, 0.6) is 11.5 Å². The third kappa shape index (κ3) is 4.00. The lowest BCUT2D eigenvalue weighted by atomic mass is 10.1. The Balaban J connectivity index is 1.42. The first-order valence-electron chi connectivity index (χ1n) is 8.89. The van der Waals surface area contributed by atoms with Gasteiger partial charge in [0, 0.05) is 31.7 Å². The van der Waals surface area contributed by atoms with Crippen molar-refractivity contribution in [1.29, 1.82) is 0 Å². The Morgan fingerprint density at radius 2 is 2.00 bits per heavy atom. The third-order valence-corrected chi connectivity index (χ3v) is 5.41. The van der Waals surface area contributed by atoms with E-state index in [0.717, 1.165) is 60.7 Å². The highest BCUT2D eigenvalue weighted by Crippen LogP contribution is 2.32. The molecule has 1 aromatic carbocycles. The second-order valence-electron chi connectivity index (χ2n) is 6.21. The van der Waals surface area contributed by atoms with Crippen molar-refractivity contribution in [3.63, 3.8) is 0 Å². The maximum atomic E-state index is 5.37. The average Bonchev–Trinajstić information content (AvgIpc) is 3.27. The van der Waals surface area contributed by atoms with Gasteiger partial charge in [0.2, 0.25) is 10.1 Å². The molecule has 27 heavy (non-hydrogen) atoms. The number of rotatable bonds is 7. The molecule has 0 atom stereocenters. The van der Waals surface area contributed by atoms with E-state index in [0.29, 0.717) is 11.5 Å². The molecule has 3 aromatic rings. The van der Waals surface area contributed by atoms with Crippen LogP contribution in [0.3, 0.4) is 0 Å². The van der Waals surface area contributed by atoms with E-state index >= 15 is 0 Å². The fourth-order valence-corrected chi connectivity index (χ4v) is 3.86. The van der Waals surface area contributed by atoms with Crippen molar-refractivity contribution in [3.05, 3.63) is 24.4 Å². The minimum absolute atomic E-state index is 0.685. The number of anilines is 1. The number of methoxy groups -OCH3 is 2. The van der Waals surface area contributed by atoms with Crippen LogP contribution in [-0.2, 0) is 4.74 Å². The molecule has 1 fully saturated rings. The summed E-state index contributed by atoms with van der Waals surface area (Å²) >= 11 is 1.55. The number of benzene rings is 1. The molecule has 0 saturated carbocycles. The summed E-state index contributed by atoms with van der Waals surface area (Å²) in [7, 11) is 3.26. The van der Waals surface area contributed by atoms with Crippen molar-refractivity contribution in [2.24, 2.45) is 0 Å². The van der Waals surface area contributed by atoms with E-state index in [4.69, 9.17) is 14.2 Å². The van der Waals surface area contributed by atoms with Gasteiger partial charge in [0.25, 0.3) is 0 Å². The Bertz CT molecular complexity index is 872.